The number of aryl methyl sites for hydroxylation is 3. The molecule has 1 N–H and O–H groups in total. The lowest BCUT2D eigenvalue weighted by molar-refractivity contribution is 0.0953. The van der Waals surface area contributed by atoms with E-state index in [2.05, 4.69) is 46.5 Å². The molecule has 6 heteroatoms. The summed E-state index contributed by atoms with van der Waals surface area (Å²) in [5.74, 6) is -0.119. The molecule has 1 aromatic carbocycles. The maximum absolute atomic E-state index is 12.6. The Morgan fingerprint density at radius 3 is 2.54 bits per heavy atom. The number of carbonyl (C=O) groups is 1. The van der Waals surface area contributed by atoms with E-state index in [-0.39, 0.29) is 5.91 Å². The summed E-state index contributed by atoms with van der Waals surface area (Å²) in [5.41, 5.74) is 6.74. The highest BCUT2D eigenvalue weighted by Crippen LogP contribution is 2.20. The number of nitrogens with one attached hydrogen (secondary N) is 1. The molecule has 0 unspecified atom stereocenters. The Morgan fingerprint density at radius 2 is 1.86 bits per heavy atom. The summed E-state index contributed by atoms with van der Waals surface area (Å²) in [4.78, 5) is 19.4. The first kappa shape index (κ1) is 20.0. The standard InChI is InChI=1S/C22H29N5O/c1-15-7-9-18(10-8-15)13-19-16(2)25-21-20(14-24-27(21)17(19)3)22(28)23-11-6-12-26(4)5/h7-10,14H,6,11-13H2,1-5H3,(H,23,28). The second kappa shape index (κ2) is 8.52. The zero-order chi connectivity index (χ0) is 20.3. The summed E-state index contributed by atoms with van der Waals surface area (Å²) < 4.78 is 1.78. The number of nitrogens with zero attached hydrogens (tertiary/aromatic N) is 4. The highest BCUT2D eigenvalue weighted by molar-refractivity contribution is 5.99. The van der Waals surface area contributed by atoms with Gasteiger partial charge in [-0.05, 0) is 59.0 Å². The van der Waals surface area contributed by atoms with E-state index >= 15 is 0 Å². The molecule has 0 aliphatic carbocycles. The second-order valence-corrected chi connectivity index (χ2v) is 7.63. The molecule has 0 fully saturated rings. The van der Waals surface area contributed by atoms with E-state index in [0.29, 0.717) is 17.8 Å². The Balaban J connectivity index is 1.83. The Hall–Kier alpha value is -2.73. The van der Waals surface area contributed by atoms with Gasteiger partial charge in [-0.15, -0.1) is 0 Å². The summed E-state index contributed by atoms with van der Waals surface area (Å²) in [7, 11) is 4.05. The number of rotatable bonds is 7. The van der Waals surface area contributed by atoms with Crippen LogP contribution in [0.2, 0.25) is 0 Å². The van der Waals surface area contributed by atoms with Crippen LogP contribution < -0.4 is 5.32 Å². The topological polar surface area (TPSA) is 62.5 Å². The van der Waals surface area contributed by atoms with Crippen molar-refractivity contribution in [2.24, 2.45) is 0 Å². The fourth-order valence-corrected chi connectivity index (χ4v) is 3.33. The third kappa shape index (κ3) is 4.39. The lowest BCUT2D eigenvalue weighted by atomic mass is 10.0. The molecule has 3 rings (SSSR count). The van der Waals surface area contributed by atoms with Crippen LogP contribution in [0, 0.1) is 20.8 Å². The zero-order valence-electron chi connectivity index (χ0n) is 17.4. The van der Waals surface area contributed by atoms with Crippen molar-refractivity contribution < 1.29 is 4.79 Å². The highest BCUT2D eigenvalue weighted by atomic mass is 16.1. The molecule has 2 heterocycles. The summed E-state index contributed by atoms with van der Waals surface area (Å²) in [6, 6.07) is 8.54. The molecule has 0 aliphatic heterocycles. The van der Waals surface area contributed by atoms with E-state index in [1.807, 2.05) is 27.9 Å². The number of aromatic nitrogens is 3. The Bertz CT molecular complexity index is 973. The van der Waals surface area contributed by atoms with Gasteiger partial charge in [0.05, 0.1) is 6.20 Å². The maximum atomic E-state index is 12.6. The summed E-state index contributed by atoms with van der Waals surface area (Å²) in [6.45, 7) is 7.70. The molecule has 148 valence electrons. The lowest BCUT2D eigenvalue weighted by Crippen LogP contribution is -2.27. The molecule has 1 amide bonds. The lowest BCUT2D eigenvalue weighted by Gasteiger charge is -2.12. The molecule has 3 aromatic rings. The Morgan fingerprint density at radius 1 is 1.14 bits per heavy atom. The molecule has 28 heavy (non-hydrogen) atoms. The van der Waals surface area contributed by atoms with Gasteiger partial charge >= 0.3 is 0 Å². The minimum absolute atomic E-state index is 0.119. The van der Waals surface area contributed by atoms with E-state index in [1.165, 1.54) is 11.1 Å². The molecule has 0 saturated carbocycles. The van der Waals surface area contributed by atoms with E-state index in [0.717, 1.165) is 36.3 Å². The molecule has 2 aromatic heterocycles. The molecule has 0 saturated heterocycles. The smallest absolute Gasteiger partial charge is 0.256 e. The molecule has 0 atom stereocenters. The zero-order valence-corrected chi connectivity index (χ0v) is 17.4. The van der Waals surface area contributed by atoms with Crippen molar-refractivity contribution in [2.45, 2.75) is 33.6 Å². The van der Waals surface area contributed by atoms with Crippen LogP contribution >= 0.6 is 0 Å². The summed E-state index contributed by atoms with van der Waals surface area (Å²) in [5, 5.41) is 7.41. The number of carbonyl (C=O) groups excluding carboxylic acids is 1. The number of amides is 1. The van der Waals surface area contributed by atoms with Crippen LogP contribution in [0.25, 0.3) is 5.65 Å². The predicted octanol–water partition coefficient (Wildman–Crippen LogP) is 2.93. The van der Waals surface area contributed by atoms with Crippen molar-refractivity contribution in [3.63, 3.8) is 0 Å². The summed E-state index contributed by atoms with van der Waals surface area (Å²) >= 11 is 0. The van der Waals surface area contributed by atoms with Crippen LogP contribution in [0.5, 0.6) is 0 Å². The Labute approximate surface area is 166 Å². The van der Waals surface area contributed by atoms with Gasteiger partial charge in [-0.2, -0.15) is 5.10 Å². The van der Waals surface area contributed by atoms with E-state index in [1.54, 1.807) is 10.7 Å². The van der Waals surface area contributed by atoms with Gasteiger partial charge < -0.3 is 10.2 Å². The molecule has 0 radical (unpaired) electrons. The fraction of sp³-hybridized carbons (Fsp3) is 0.409. The van der Waals surface area contributed by atoms with Gasteiger partial charge in [-0.1, -0.05) is 29.8 Å². The van der Waals surface area contributed by atoms with Crippen LogP contribution in [0.15, 0.2) is 30.5 Å². The molecule has 6 nitrogen and oxygen atoms in total. The minimum Gasteiger partial charge on any atom is -0.352 e. The minimum atomic E-state index is -0.119. The number of fused-ring (bicyclic) bond motifs is 1. The third-order valence-corrected chi connectivity index (χ3v) is 5.02. The van der Waals surface area contributed by atoms with Crippen LogP contribution in [0.4, 0.5) is 0 Å². The van der Waals surface area contributed by atoms with Crippen molar-refractivity contribution in [3.8, 4) is 0 Å². The highest BCUT2D eigenvalue weighted by Gasteiger charge is 2.18. The molecule has 0 spiro atoms. The maximum Gasteiger partial charge on any atom is 0.256 e. The average molecular weight is 380 g/mol. The first-order valence-corrected chi connectivity index (χ1v) is 9.69. The van der Waals surface area contributed by atoms with Gasteiger partial charge in [0, 0.05) is 24.4 Å². The van der Waals surface area contributed by atoms with Crippen LogP contribution in [0.1, 0.15) is 44.9 Å². The van der Waals surface area contributed by atoms with Crippen molar-refractivity contribution in [2.75, 3.05) is 27.2 Å². The van der Waals surface area contributed by atoms with E-state index in [4.69, 9.17) is 4.98 Å². The van der Waals surface area contributed by atoms with Crippen molar-refractivity contribution in [1.82, 2.24) is 24.8 Å². The van der Waals surface area contributed by atoms with Gasteiger partial charge in [0.2, 0.25) is 0 Å². The van der Waals surface area contributed by atoms with Crippen LogP contribution in [0.3, 0.4) is 0 Å². The van der Waals surface area contributed by atoms with Crippen molar-refractivity contribution in [1.29, 1.82) is 0 Å². The third-order valence-electron chi connectivity index (χ3n) is 5.02. The molecular formula is C22H29N5O. The van der Waals surface area contributed by atoms with Gasteiger partial charge in [-0.3, -0.25) is 4.79 Å². The van der Waals surface area contributed by atoms with Gasteiger partial charge in [0.25, 0.3) is 5.91 Å². The largest absolute Gasteiger partial charge is 0.352 e. The van der Waals surface area contributed by atoms with Crippen LogP contribution in [-0.2, 0) is 6.42 Å². The van der Waals surface area contributed by atoms with Crippen LogP contribution in [-0.4, -0.2) is 52.6 Å². The first-order valence-electron chi connectivity index (χ1n) is 9.69. The van der Waals surface area contributed by atoms with E-state index < -0.39 is 0 Å². The van der Waals surface area contributed by atoms with Gasteiger partial charge in [0.15, 0.2) is 5.65 Å². The fourth-order valence-electron chi connectivity index (χ4n) is 3.33. The average Bonchev–Trinajstić information content (AvgIpc) is 3.07. The first-order chi connectivity index (χ1) is 13.4. The second-order valence-electron chi connectivity index (χ2n) is 7.63. The monoisotopic (exact) mass is 379 g/mol. The predicted molar refractivity (Wildman–Crippen MR) is 112 cm³/mol. The quantitative estimate of drug-likeness (QED) is 0.641. The number of hydrogen-bond donors (Lipinski definition) is 1. The molecule has 0 bridgehead atoms. The van der Waals surface area contributed by atoms with Crippen molar-refractivity contribution >= 4 is 11.6 Å². The SMILES string of the molecule is Cc1ccc(Cc2c(C)nc3c(C(=O)NCCCN(C)C)cnn3c2C)cc1. The van der Waals surface area contributed by atoms with Gasteiger partial charge in [0.1, 0.15) is 5.56 Å². The molecular weight excluding hydrogens is 350 g/mol. The van der Waals surface area contributed by atoms with Crippen molar-refractivity contribution in [3.05, 3.63) is 64.1 Å². The number of hydrogen-bond acceptors (Lipinski definition) is 4. The molecule has 0 aliphatic rings. The number of benzene rings is 1. The van der Waals surface area contributed by atoms with E-state index in [9.17, 15) is 4.79 Å². The van der Waals surface area contributed by atoms with Gasteiger partial charge in [-0.25, -0.2) is 9.50 Å². The Kier molecular flexibility index (Phi) is 6.09. The summed E-state index contributed by atoms with van der Waals surface area (Å²) in [6.07, 6.45) is 3.32. The normalized spacial score (nSPS) is 11.4.